The van der Waals surface area contributed by atoms with E-state index in [1.807, 2.05) is 24.3 Å². The number of para-hydroxylation sites is 4. The molecule has 0 N–H and O–H groups in total. The summed E-state index contributed by atoms with van der Waals surface area (Å²) in [6.07, 6.45) is 0. The zero-order chi connectivity index (χ0) is 32.2. The summed E-state index contributed by atoms with van der Waals surface area (Å²) >= 11 is 0. The highest BCUT2D eigenvalue weighted by atomic mass is 15.0. The SMILES string of the molecule is [C-]#[N+]c1cc(-n2c3ccccc3c3ccccc32)c(-c2ccc(-c3ccc(-n4c5ccccc5c5ccccc54)cc3)cc2)cc1C#N. The lowest BCUT2D eigenvalue weighted by Crippen LogP contribution is -1.98. The fourth-order valence-corrected chi connectivity index (χ4v) is 7.20. The second-order valence-electron chi connectivity index (χ2n) is 12.0. The van der Waals surface area contributed by atoms with Crippen LogP contribution in [0.15, 0.2) is 158 Å². The molecule has 0 fully saturated rings. The molecule has 0 bridgehead atoms. The molecule has 0 saturated heterocycles. The first-order valence-electron chi connectivity index (χ1n) is 15.9. The molecule has 2 aromatic heterocycles. The van der Waals surface area contributed by atoms with E-state index >= 15 is 0 Å². The molecule has 7 aromatic carbocycles. The van der Waals surface area contributed by atoms with Crippen molar-refractivity contribution in [2.24, 2.45) is 0 Å². The second-order valence-corrected chi connectivity index (χ2v) is 12.0. The van der Waals surface area contributed by atoms with E-state index in [1.54, 1.807) is 0 Å². The van der Waals surface area contributed by atoms with Crippen molar-refractivity contribution in [2.75, 3.05) is 0 Å². The Morgan fingerprint density at radius 1 is 0.479 bits per heavy atom. The number of fused-ring (bicyclic) bond motifs is 6. The summed E-state index contributed by atoms with van der Waals surface area (Å²) in [6, 6.07) is 57.0. The molecule has 0 amide bonds. The van der Waals surface area contributed by atoms with E-state index in [9.17, 15) is 5.26 Å². The topological polar surface area (TPSA) is 38.0 Å². The molecule has 0 spiro atoms. The van der Waals surface area contributed by atoms with Gasteiger partial charge in [-0.1, -0.05) is 109 Å². The van der Waals surface area contributed by atoms with Gasteiger partial charge < -0.3 is 9.13 Å². The molecular formula is C44H26N4. The van der Waals surface area contributed by atoms with Crippen molar-refractivity contribution in [3.63, 3.8) is 0 Å². The Labute approximate surface area is 277 Å². The minimum Gasteiger partial charge on any atom is -0.310 e. The predicted molar refractivity (Wildman–Crippen MR) is 197 cm³/mol. The maximum Gasteiger partial charge on any atom is 0.206 e. The van der Waals surface area contributed by atoms with Crippen LogP contribution >= 0.6 is 0 Å². The van der Waals surface area contributed by atoms with E-state index in [0.717, 1.165) is 55.4 Å². The van der Waals surface area contributed by atoms with Gasteiger partial charge in [0.1, 0.15) is 0 Å². The van der Waals surface area contributed by atoms with Crippen LogP contribution in [-0.2, 0) is 0 Å². The van der Waals surface area contributed by atoms with Gasteiger partial charge in [0.25, 0.3) is 0 Å². The molecule has 9 aromatic rings. The highest BCUT2D eigenvalue weighted by molar-refractivity contribution is 6.10. The maximum atomic E-state index is 9.98. The summed E-state index contributed by atoms with van der Waals surface area (Å²) in [7, 11) is 0. The minimum absolute atomic E-state index is 0.345. The largest absolute Gasteiger partial charge is 0.310 e. The Kier molecular flexibility index (Phi) is 6.22. The Morgan fingerprint density at radius 2 is 0.896 bits per heavy atom. The fraction of sp³-hybridized carbons (Fsp3) is 0. The monoisotopic (exact) mass is 610 g/mol. The Morgan fingerprint density at radius 3 is 1.35 bits per heavy atom. The van der Waals surface area contributed by atoms with Crippen molar-refractivity contribution in [1.29, 1.82) is 5.26 Å². The van der Waals surface area contributed by atoms with Gasteiger partial charge in [0.2, 0.25) is 5.69 Å². The number of aromatic nitrogens is 2. The molecule has 222 valence electrons. The predicted octanol–water partition coefficient (Wildman–Crippen LogP) is 11.6. The number of hydrogen-bond acceptors (Lipinski definition) is 1. The molecule has 48 heavy (non-hydrogen) atoms. The standard InChI is InChI=1S/C44H26N4/c1-46-39-27-44(48-42-16-8-4-12-36(42)37-13-5-9-17-43(37)48)38(26-32(39)28-45)31-20-18-29(19-21-31)30-22-24-33(25-23-30)47-40-14-6-2-10-34(40)35-11-3-7-15-41(35)47/h2-27H. The van der Waals surface area contributed by atoms with Crippen LogP contribution in [0.1, 0.15) is 5.56 Å². The van der Waals surface area contributed by atoms with Gasteiger partial charge in [-0.3, -0.25) is 0 Å². The first-order chi connectivity index (χ1) is 23.7. The summed E-state index contributed by atoms with van der Waals surface area (Å²) < 4.78 is 4.55. The van der Waals surface area contributed by atoms with E-state index in [0.29, 0.717) is 11.3 Å². The number of benzene rings is 7. The molecular weight excluding hydrogens is 585 g/mol. The Balaban J connectivity index is 1.15. The van der Waals surface area contributed by atoms with Crippen molar-refractivity contribution in [2.45, 2.75) is 0 Å². The molecule has 0 aliphatic carbocycles. The zero-order valence-corrected chi connectivity index (χ0v) is 25.8. The van der Waals surface area contributed by atoms with Crippen molar-refractivity contribution >= 4 is 49.3 Å². The first-order valence-corrected chi connectivity index (χ1v) is 15.9. The third-order valence-electron chi connectivity index (χ3n) is 9.41. The molecule has 2 heterocycles. The third kappa shape index (κ3) is 4.14. The first kappa shape index (κ1) is 27.4. The van der Waals surface area contributed by atoms with Crippen LogP contribution in [0.3, 0.4) is 0 Å². The summed E-state index contributed by atoms with van der Waals surface area (Å²) in [6.45, 7) is 7.84. The lowest BCUT2D eigenvalue weighted by Gasteiger charge is -2.16. The summed E-state index contributed by atoms with van der Waals surface area (Å²) in [4.78, 5) is 3.73. The Hall–Kier alpha value is -6.88. The second kappa shape index (κ2) is 10.9. The minimum atomic E-state index is 0.345. The van der Waals surface area contributed by atoms with Gasteiger partial charge in [-0.05, 0) is 65.2 Å². The van der Waals surface area contributed by atoms with E-state index < -0.39 is 0 Å². The lowest BCUT2D eigenvalue weighted by molar-refractivity contribution is 1.18. The van der Waals surface area contributed by atoms with Crippen molar-refractivity contribution in [3.05, 3.63) is 175 Å². The zero-order valence-electron chi connectivity index (χ0n) is 25.8. The van der Waals surface area contributed by atoms with Crippen LogP contribution in [0, 0.1) is 17.9 Å². The van der Waals surface area contributed by atoms with E-state index in [1.165, 1.54) is 21.8 Å². The van der Waals surface area contributed by atoms with Crippen LogP contribution in [0.2, 0.25) is 0 Å². The van der Waals surface area contributed by atoms with Crippen molar-refractivity contribution in [1.82, 2.24) is 9.13 Å². The van der Waals surface area contributed by atoms with Crippen LogP contribution in [0.5, 0.6) is 0 Å². The van der Waals surface area contributed by atoms with Gasteiger partial charge in [-0.15, -0.1) is 0 Å². The van der Waals surface area contributed by atoms with E-state index in [-0.39, 0.29) is 0 Å². The molecule has 9 rings (SSSR count). The van der Waals surface area contributed by atoms with Crippen molar-refractivity contribution in [3.8, 4) is 39.7 Å². The normalized spacial score (nSPS) is 11.3. The fourth-order valence-electron chi connectivity index (χ4n) is 7.20. The number of hydrogen-bond donors (Lipinski definition) is 0. The van der Waals surface area contributed by atoms with Gasteiger partial charge in [0.15, 0.2) is 0 Å². The third-order valence-corrected chi connectivity index (χ3v) is 9.41. The van der Waals surface area contributed by atoms with E-state index in [2.05, 4.69) is 154 Å². The van der Waals surface area contributed by atoms with Crippen LogP contribution < -0.4 is 0 Å². The average Bonchev–Trinajstić information content (AvgIpc) is 3.67. The molecule has 0 saturated carbocycles. The summed E-state index contributed by atoms with van der Waals surface area (Å²) in [5, 5.41) is 14.8. The van der Waals surface area contributed by atoms with Crippen LogP contribution in [-0.4, -0.2) is 9.13 Å². The molecule has 4 heteroatoms. The van der Waals surface area contributed by atoms with Gasteiger partial charge in [0.05, 0.1) is 40.3 Å². The van der Waals surface area contributed by atoms with Gasteiger partial charge in [0, 0.05) is 38.5 Å². The highest BCUT2D eigenvalue weighted by Crippen LogP contribution is 2.40. The molecule has 0 aliphatic rings. The summed E-state index contributed by atoms with van der Waals surface area (Å²) in [5.41, 5.74) is 11.3. The number of rotatable bonds is 4. The van der Waals surface area contributed by atoms with Crippen LogP contribution in [0.4, 0.5) is 5.69 Å². The van der Waals surface area contributed by atoms with E-state index in [4.69, 9.17) is 6.57 Å². The molecule has 0 unspecified atom stereocenters. The van der Waals surface area contributed by atoms with Gasteiger partial charge >= 0.3 is 0 Å². The average molecular weight is 611 g/mol. The smallest absolute Gasteiger partial charge is 0.206 e. The molecule has 0 radical (unpaired) electrons. The lowest BCUT2D eigenvalue weighted by atomic mass is 9.96. The quantitative estimate of drug-likeness (QED) is 0.183. The van der Waals surface area contributed by atoms with Crippen LogP contribution in [0.25, 0.3) is 82.1 Å². The highest BCUT2D eigenvalue weighted by Gasteiger charge is 2.18. The number of nitrogens with zero attached hydrogens (tertiary/aromatic N) is 4. The maximum absolute atomic E-state index is 9.98. The van der Waals surface area contributed by atoms with Gasteiger partial charge in [-0.2, -0.15) is 5.26 Å². The summed E-state index contributed by atoms with van der Waals surface area (Å²) in [5.74, 6) is 0. The number of nitriles is 1. The van der Waals surface area contributed by atoms with Crippen molar-refractivity contribution < 1.29 is 0 Å². The Bertz CT molecular complexity index is 2680. The van der Waals surface area contributed by atoms with Gasteiger partial charge in [-0.25, -0.2) is 4.85 Å². The molecule has 0 atom stereocenters. The molecule has 4 nitrogen and oxygen atoms in total. The molecule has 0 aliphatic heterocycles.